The van der Waals surface area contributed by atoms with Crippen molar-refractivity contribution in [3.05, 3.63) is 52.8 Å². The summed E-state index contributed by atoms with van der Waals surface area (Å²) in [6, 6.07) is 9.51. The zero-order valence-corrected chi connectivity index (χ0v) is 14.9. The minimum absolute atomic E-state index is 0.0776. The van der Waals surface area contributed by atoms with Crippen LogP contribution in [-0.2, 0) is 6.54 Å². The zero-order chi connectivity index (χ0) is 18.6. The van der Waals surface area contributed by atoms with E-state index in [2.05, 4.69) is 10.4 Å². The smallest absolute Gasteiger partial charge is 0.270 e. The van der Waals surface area contributed by atoms with Crippen molar-refractivity contribution in [1.82, 2.24) is 15.1 Å². The number of nitriles is 1. The van der Waals surface area contributed by atoms with E-state index < -0.39 is 6.04 Å². The average molecular weight is 338 g/mol. The molecule has 0 fully saturated rings. The summed E-state index contributed by atoms with van der Waals surface area (Å²) in [7, 11) is 0. The van der Waals surface area contributed by atoms with Gasteiger partial charge in [-0.2, -0.15) is 10.4 Å². The van der Waals surface area contributed by atoms with Gasteiger partial charge in [-0.3, -0.25) is 14.3 Å². The van der Waals surface area contributed by atoms with Crippen molar-refractivity contribution in [3.8, 4) is 6.07 Å². The fourth-order valence-corrected chi connectivity index (χ4v) is 2.61. The van der Waals surface area contributed by atoms with Crippen LogP contribution in [-0.4, -0.2) is 27.5 Å². The number of nitrogens with zero attached hydrogens (tertiary/aromatic N) is 3. The highest BCUT2D eigenvalue weighted by molar-refractivity contribution is 6.04. The average Bonchev–Trinajstić information content (AvgIpc) is 2.99. The molecule has 130 valence electrons. The zero-order valence-electron chi connectivity index (χ0n) is 14.9. The van der Waals surface area contributed by atoms with Crippen LogP contribution < -0.4 is 5.32 Å². The lowest BCUT2D eigenvalue weighted by Crippen LogP contribution is -2.45. The van der Waals surface area contributed by atoms with E-state index in [4.69, 9.17) is 5.26 Å². The molecule has 0 aliphatic carbocycles. The second kappa shape index (κ2) is 7.75. The van der Waals surface area contributed by atoms with Crippen LogP contribution in [0.4, 0.5) is 0 Å². The van der Waals surface area contributed by atoms with Gasteiger partial charge in [0.25, 0.3) is 5.91 Å². The van der Waals surface area contributed by atoms with E-state index in [-0.39, 0.29) is 17.6 Å². The molecule has 6 heteroatoms. The number of ketones is 1. The Morgan fingerprint density at radius 1 is 1.28 bits per heavy atom. The maximum absolute atomic E-state index is 12.8. The van der Waals surface area contributed by atoms with E-state index in [1.807, 2.05) is 33.8 Å². The maximum Gasteiger partial charge on any atom is 0.270 e. The molecular formula is C19H22N4O2. The first-order valence-corrected chi connectivity index (χ1v) is 8.27. The van der Waals surface area contributed by atoms with Crippen molar-refractivity contribution in [2.24, 2.45) is 5.92 Å². The molecule has 0 saturated carbocycles. The van der Waals surface area contributed by atoms with Crippen molar-refractivity contribution in [2.75, 3.05) is 0 Å². The topological polar surface area (TPSA) is 87.8 Å². The first-order valence-electron chi connectivity index (χ1n) is 8.27. The van der Waals surface area contributed by atoms with Gasteiger partial charge < -0.3 is 5.32 Å². The van der Waals surface area contributed by atoms with Crippen LogP contribution in [0.2, 0.25) is 0 Å². The molecule has 0 aliphatic heterocycles. The lowest BCUT2D eigenvalue weighted by Gasteiger charge is -2.21. The molecule has 6 nitrogen and oxygen atoms in total. The Bertz CT molecular complexity index is 813. The lowest BCUT2D eigenvalue weighted by atomic mass is 9.94. The molecule has 0 radical (unpaired) electrons. The maximum atomic E-state index is 12.8. The third-order valence-electron chi connectivity index (χ3n) is 3.97. The quantitative estimate of drug-likeness (QED) is 0.820. The number of amides is 1. The van der Waals surface area contributed by atoms with Crippen molar-refractivity contribution in [1.29, 1.82) is 5.26 Å². The van der Waals surface area contributed by atoms with E-state index in [0.717, 1.165) is 5.69 Å². The van der Waals surface area contributed by atoms with Gasteiger partial charge in [-0.15, -0.1) is 0 Å². The molecule has 1 unspecified atom stereocenters. The molecule has 2 aromatic rings. The molecule has 1 amide bonds. The summed E-state index contributed by atoms with van der Waals surface area (Å²) in [6.45, 7) is 8.08. The number of aryl methyl sites for hydroxylation is 2. The van der Waals surface area contributed by atoms with E-state index in [9.17, 15) is 9.59 Å². The van der Waals surface area contributed by atoms with Crippen molar-refractivity contribution >= 4 is 11.7 Å². The summed E-state index contributed by atoms with van der Waals surface area (Å²) in [5.41, 5.74) is 2.16. The summed E-state index contributed by atoms with van der Waals surface area (Å²) in [5.74, 6) is -0.568. The van der Waals surface area contributed by atoms with Crippen molar-refractivity contribution in [2.45, 2.75) is 40.3 Å². The second-order valence-electron chi connectivity index (χ2n) is 6.24. The summed E-state index contributed by atoms with van der Waals surface area (Å²) in [6.07, 6.45) is 0. The standard InChI is InChI=1S/C19H22N4O2/c1-5-23-16(10-13(4)22-23)19(25)21-17(12(2)3)18(24)15-8-6-14(11-20)7-9-15/h6-10,12,17H,5H2,1-4H3,(H,21,25). The minimum atomic E-state index is -0.652. The molecule has 2 rings (SSSR count). The molecule has 1 atom stereocenters. The van der Waals surface area contributed by atoms with Crippen LogP contribution in [0.5, 0.6) is 0 Å². The monoisotopic (exact) mass is 338 g/mol. The van der Waals surface area contributed by atoms with Gasteiger partial charge in [0, 0.05) is 12.1 Å². The predicted octanol–water partition coefficient (Wildman–Crippen LogP) is 2.72. The number of Topliss-reactive ketones (excluding diaryl/α,β-unsaturated/α-hetero) is 1. The first-order chi connectivity index (χ1) is 11.9. The Morgan fingerprint density at radius 2 is 1.92 bits per heavy atom. The molecular weight excluding hydrogens is 316 g/mol. The Kier molecular flexibility index (Phi) is 5.71. The highest BCUT2D eigenvalue weighted by Crippen LogP contribution is 2.13. The van der Waals surface area contributed by atoms with Crippen LogP contribution >= 0.6 is 0 Å². The Labute approximate surface area is 147 Å². The van der Waals surface area contributed by atoms with Crippen LogP contribution in [0.15, 0.2) is 30.3 Å². The fraction of sp³-hybridized carbons (Fsp3) is 0.368. The summed E-state index contributed by atoms with van der Waals surface area (Å²) in [4.78, 5) is 25.4. The van der Waals surface area contributed by atoms with Crippen LogP contribution in [0, 0.1) is 24.2 Å². The molecule has 1 aromatic carbocycles. The second-order valence-corrected chi connectivity index (χ2v) is 6.24. The lowest BCUT2D eigenvalue weighted by molar-refractivity contribution is 0.0825. The number of nitrogens with one attached hydrogen (secondary N) is 1. The number of benzene rings is 1. The number of hydrogen-bond acceptors (Lipinski definition) is 4. The van der Waals surface area contributed by atoms with Crippen molar-refractivity contribution < 1.29 is 9.59 Å². The molecule has 0 saturated heterocycles. The van der Waals surface area contributed by atoms with Gasteiger partial charge in [-0.25, -0.2) is 0 Å². The van der Waals surface area contributed by atoms with Crippen LogP contribution in [0.1, 0.15) is 52.9 Å². The van der Waals surface area contributed by atoms with Gasteiger partial charge in [0.05, 0.1) is 23.4 Å². The number of carbonyl (C=O) groups excluding carboxylic acids is 2. The van der Waals surface area contributed by atoms with Crippen molar-refractivity contribution in [3.63, 3.8) is 0 Å². The first kappa shape index (κ1) is 18.4. The number of rotatable bonds is 6. The molecule has 0 aliphatic rings. The van der Waals surface area contributed by atoms with E-state index >= 15 is 0 Å². The predicted molar refractivity (Wildman–Crippen MR) is 94.2 cm³/mol. The fourth-order valence-electron chi connectivity index (χ4n) is 2.61. The normalized spacial score (nSPS) is 11.8. The molecule has 25 heavy (non-hydrogen) atoms. The molecule has 0 spiro atoms. The van der Waals surface area contributed by atoms with Crippen LogP contribution in [0.3, 0.4) is 0 Å². The number of carbonyl (C=O) groups is 2. The Hall–Kier alpha value is -2.94. The SMILES string of the molecule is CCn1nc(C)cc1C(=O)NC(C(=O)c1ccc(C#N)cc1)C(C)C. The molecule has 1 aromatic heterocycles. The summed E-state index contributed by atoms with van der Waals surface area (Å²) < 4.78 is 1.62. The van der Waals surface area contributed by atoms with E-state index in [1.54, 1.807) is 35.0 Å². The van der Waals surface area contributed by atoms with E-state index in [1.165, 1.54) is 0 Å². The highest BCUT2D eigenvalue weighted by Gasteiger charge is 2.27. The van der Waals surface area contributed by atoms with Gasteiger partial charge >= 0.3 is 0 Å². The van der Waals surface area contributed by atoms with Gasteiger partial charge in [0.15, 0.2) is 5.78 Å². The molecule has 0 bridgehead atoms. The van der Waals surface area contributed by atoms with E-state index in [0.29, 0.717) is 23.4 Å². The van der Waals surface area contributed by atoms with Gasteiger partial charge in [0.2, 0.25) is 0 Å². The largest absolute Gasteiger partial charge is 0.340 e. The number of hydrogen-bond donors (Lipinski definition) is 1. The summed E-state index contributed by atoms with van der Waals surface area (Å²) in [5, 5.41) is 16.0. The highest BCUT2D eigenvalue weighted by atomic mass is 16.2. The molecule has 1 heterocycles. The summed E-state index contributed by atoms with van der Waals surface area (Å²) >= 11 is 0. The third kappa shape index (κ3) is 4.13. The number of aromatic nitrogens is 2. The van der Waals surface area contributed by atoms with Crippen LogP contribution in [0.25, 0.3) is 0 Å². The van der Waals surface area contributed by atoms with Gasteiger partial charge in [-0.1, -0.05) is 26.0 Å². The Morgan fingerprint density at radius 3 is 2.44 bits per heavy atom. The Balaban J connectivity index is 2.24. The molecule has 1 N–H and O–H groups in total. The van der Waals surface area contributed by atoms with Gasteiger partial charge in [-0.05, 0) is 38.0 Å². The minimum Gasteiger partial charge on any atom is -0.340 e. The van der Waals surface area contributed by atoms with Gasteiger partial charge in [0.1, 0.15) is 5.69 Å². The third-order valence-corrected chi connectivity index (χ3v) is 3.97.